The molecule has 1 aromatic carbocycles. The van der Waals surface area contributed by atoms with Gasteiger partial charge in [0.1, 0.15) is 11.1 Å². The summed E-state index contributed by atoms with van der Waals surface area (Å²) in [4.78, 5) is 16.2. The van der Waals surface area contributed by atoms with Crippen molar-refractivity contribution in [3.8, 4) is 28.7 Å². The van der Waals surface area contributed by atoms with E-state index in [4.69, 9.17) is 9.47 Å². The molecule has 7 heteroatoms. The maximum absolute atomic E-state index is 12.3. The molecular weight excluding hydrogens is 350 g/mol. The Kier molecular flexibility index (Phi) is 5.15. The summed E-state index contributed by atoms with van der Waals surface area (Å²) in [6.07, 6.45) is 3.09. The summed E-state index contributed by atoms with van der Waals surface area (Å²) in [6, 6.07) is 10.8. The Morgan fingerprint density at radius 2 is 1.88 bits per heavy atom. The molecule has 0 saturated heterocycles. The molecule has 3 aromatic rings. The third-order valence-corrected chi connectivity index (χ3v) is 4.66. The van der Waals surface area contributed by atoms with E-state index in [1.165, 1.54) is 11.3 Å². The Hall–Kier alpha value is -3.37. The molecule has 0 aliphatic heterocycles. The molecule has 2 aromatic heterocycles. The summed E-state index contributed by atoms with van der Waals surface area (Å²) in [5.74, 6) is 0.892. The largest absolute Gasteiger partial charge is 0.493 e. The quantitative estimate of drug-likeness (QED) is 0.740. The minimum absolute atomic E-state index is 0.287. The monoisotopic (exact) mass is 365 g/mol. The van der Waals surface area contributed by atoms with Crippen LogP contribution in [-0.2, 0) is 0 Å². The van der Waals surface area contributed by atoms with Crippen molar-refractivity contribution in [2.24, 2.45) is 0 Å². The smallest absolute Gasteiger partial charge is 0.256 e. The van der Waals surface area contributed by atoms with Gasteiger partial charge in [0.05, 0.1) is 19.8 Å². The molecule has 2 heterocycles. The highest BCUT2D eigenvalue weighted by Gasteiger charge is 2.17. The lowest BCUT2D eigenvalue weighted by atomic mass is 10.0. The van der Waals surface area contributed by atoms with E-state index in [0.29, 0.717) is 27.6 Å². The molecule has 6 nitrogen and oxygen atoms in total. The topological polar surface area (TPSA) is 84.2 Å². The molecule has 0 radical (unpaired) electrons. The van der Waals surface area contributed by atoms with Crippen LogP contribution in [0.5, 0.6) is 11.5 Å². The summed E-state index contributed by atoms with van der Waals surface area (Å²) in [6.45, 7) is 0. The lowest BCUT2D eigenvalue weighted by Gasteiger charge is -2.09. The van der Waals surface area contributed by atoms with Gasteiger partial charge >= 0.3 is 0 Å². The van der Waals surface area contributed by atoms with Gasteiger partial charge in [-0.25, -0.2) is 0 Å². The highest BCUT2D eigenvalue weighted by atomic mass is 32.1. The second-order valence-electron chi connectivity index (χ2n) is 5.23. The van der Waals surface area contributed by atoms with Crippen LogP contribution in [0.2, 0.25) is 0 Å². The van der Waals surface area contributed by atoms with Crippen molar-refractivity contribution >= 4 is 22.2 Å². The van der Waals surface area contributed by atoms with E-state index in [0.717, 1.165) is 11.1 Å². The Morgan fingerprint density at radius 1 is 1.15 bits per heavy atom. The van der Waals surface area contributed by atoms with E-state index < -0.39 is 0 Å². The van der Waals surface area contributed by atoms with Crippen molar-refractivity contribution in [3.63, 3.8) is 0 Å². The predicted octanol–water partition coefficient (Wildman–Crippen LogP) is 3.95. The van der Waals surface area contributed by atoms with Crippen LogP contribution < -0.4 is 14.8 Å². The third-order valence-electron chi connectivity index (χ3n) is 3.77. The molecule has 0 aliphatic rings. The second-order valence-corrected chi connectivity index (χ2v) is 6.10. The first-order valence-corrected chi connectivity index (χ1v) is 8.51. The molecule has 1 N–H and O–H groups in total. The first kappa shape index (κ1) is 17.5. The van der Waals surface area contributed by atoms with E-state index in [1.807, 2.05) is 11.4 Å². The summed E-state index contributed by atoms with van der Waals surface area (Å²) in [7, 11) is 3.12. The third kappa shape index (κ3) is 3.36. The van der Waals surface area contributed by atoms with Crippen molar-refractivity contribution in [3.05, 3.63) is 59.2 Å². The van der Waals surface area contributed by atoms with E-state index in [1.54, 1.807) is 50.9 Å². The van der Waals surface area contributed by atoms with Gasteiger partial charge in [0.15, 0.2) is 11.5 Å². The number of anilines is 1. The lowest BCUT2D eigenvalue weighted by molar-refractivity contribution is 0.102. The number of thiophene rings is 1. The summed E-state index contributed by atoms with van der Waals surface area (Å²) >= 11 is 1.30. The number of benzene rings is 1. The number of rotatable bonds is 5. The van der Waals surface area contributed by atoms with Gasteiger partial charge in [-0.2, -0.15) is 5.26 Å². The Bertz CT molecular complexity index is 977. The van der Waals surface area contributed by atoms with Gasteiger partial charge in [0.2, 0.25) is 0 Å². The Morgan fingerprint density at radius 3 is 2.54 bits per heavy atom. The summed E-state index contributed by atoms with van der Waals surface area (Å²) in [5.41, 5.74) is 2.41. The fourth-order valence-corrected chi connectivity index (χ4v) is 3.37. The number of carbonyl (C=O) groups excluding carboxylic acids is 1. The molecule has 0 unspecified atom stereocenters. The SMILES string of the molecule is COc1ccc(-c2csc(NC(=O)c3ccncc3)c2C#N)cc1OC. The van der Waals surface area contributed by atoms with Crippen molar-refractivity contribution < 1.29 is 14.3 Å². The number of nitriles is 1. The van der Waals surface area contributed by atoms with Crippen molar-refractivity contribution in [2.75, 3.05) is 19.5 Å². The number of hydrogen-bond acceptors (Lipinski definition) is 6. The van der Waals surface area contributed by atoms with Crippen molar-refractivity contribution in [1.82, 2.24) is 4.98 Å². The number of carbonyl (C=O) groups is 1. The van der Waals surface area contributed by atoms with Crippen LogP contribution in [0.15, 0.2) is 48.1 Å². The second kappa shape index (κ2) is 7.68. The van der Waals surface area contributed by atoms with Gasteiger partial charge in [0.25, 0.3) is 5.91 Å². The first-order valence-electron chi connectivity index (χ1n) is 7.63. The fraction of sp³-hybridized carbons (Fsp3) is 0.105. The summed E-state index contributed by atoms with van der Waals surface area (Å²) < 4.78 is 10.6. The summed E-state index contributed by atoms with van der Waals surface area (Å²) in [5, 5.41) is 14.7. The number of methoxy groups -OCH3 is 2. The minimum Gasteiger partial charge on any atom is -0.493 e. The van der Waals surface area contributed by atoms with E-state index in [2.05, 4.69) is 16.4 Å². The van der Waals surface area contributed by atoms with Crippen LogP contribution >= 0.6 is 11.3 Å². The normalized spacial score (nSPS) is 10.0. The maximum Gasteiger partial charge on any atom is 0.256 e. The Labute approximate surface area is 154 Å². The maximum atomic E-state index is 12.3. The number of hydrogen-bond donors (Lipinski definition) is 1. The number of ether oxygens (including phenoxy) is 2. The highest BCUT2D eigenvalue weighted by Crippen LogP contribution is 2.38. The molecule has 0 spiro atoms. The lowest BCUT2D eigenvalue weighted by Crippen LogP contribution is -2.11. The van der Waals surface area contributed by atoms with Crippen molar-refractivity contribution in [1.29, 1.82) is 5.26 Å². The van der Waals surface area contributed by atoms with Crippen LogP contribution in [-0.4, -0.2) is 25.1 Å². The molecule has 0 aliphatic carbocycles. The van der Waals surface area contributed by atoms with E-state index in [-0.39, 0.29) is 5.91 Å². The average Bonchev–Trinajstić information content (AvgIpc) is 3.10. The molecular formula is C19H15N3O3S. The van der Waals surface area contributed by atoms with Crippen LogP contribution in [0.4, 0.5) is 5.00 Å². The zero-order valence-electron chi connectivity index (χ0n) is 14.1. The number of amides is 1. The van der Waals surface area contributed by atoms with Gasteiger partial charge in [-0.05, 0) is 29.8 Å². The van der Waals surface area contributed by atoms with Crippen LogP contribution in [0, 0.1) is 11.3 Å². The fourth-order valence-electron chi connectivity index (χ4n) is 2.46. The molecule has 0 atom stereocenters. The number of pyridine rings is 1. The van der Waals surface area contributed by atoms with Gasteiger partial charge in [-0.3, -0.25) is 9.78 Å². The molecule has 26 heavy (non-hydrogen) atoms. The van der Waals surface area contributed by atoms with Crippen LogP contribution in [0.1, 0.15) is 15.9 Å². The first-order chi connectivity index (χ1) is 12.7. The highest BCUT2D eigenvalue weighted by molar-refractivity contribution is 7.15. The van der Waals surface area contributed by atoms with E-state index in [9.17, 15) is 10.1 Å². The number of aromatic nitrogens is 1. The molecule has 0 saturated carbocycles. The molecule has 0 bridgehead atoms. The molecule has 1 amide bonds. The van der Waals surface area contributed by atoms with Crippen LogP contribution in [0.3, 0.4) is 0 Å². The molecule has 3 rings (SSSR count). The van der Waals surface area contributed by atoms with Gasteiger partial charge < -0.3 is 14.8 Å². The molecule has 0 fully saturated rings. The van der Waals surface area contributed by atoms with Gasteiger partial charge in [-0.15, -0.1) is 11.3 Å². The predicted molar refractivity (Wildman–Crippen MR) is 99.8 cm³/mol. The Balaban J connectivity index is 1.94. The van der Waals surface area contributed by atoms with Gasteiger partial charge in [0, 0.05) is 28.9 Å². The zero-order valence-corrected chi connectivity index (χ0v) is 15.0. The zero-order chi connectivity index (χ0) is 18.5. The van der Waals surface area contributed by atoms with Gasteiger partial charge in [-0.1, -0.05) is 6.07 Å². The van der Waals surface area contributed by atoms with E-state index >= 15 is 0 Å². The minimum atomic E-state index is -0.287. The molecule has 130 valence electrons. The average molecular weight is 365 g/mol. The number of nitrogens with one attached hydrogen (secondary N) is 1. The van der Waals surface area contributed by atoms with Crippen molar-refractivity contribution in [2.45, 2.75) is 0 Å². The van der Waals surface area contributed by atoms with Crippen LogP contribution in [0.25, 0.3) is 11.1 Å². The standard InChI is InChI=1S/C19H15N3O3S/c1-24-16-4-3-13(9-17(16)25-2)15-11-26-19(14(15)10-20)22-18(23)12-5-7-21-8-6-12/h3-9,11H,1-2H3,(H,22,23). The number of nitrogens with zero attached hydrogens (tertiary/aromatic N) is 2.